The van der Waals surface area contributed by atoms with E-state index in [0.29, 0.717) is 13.0 Å². The predicted octanol–water partition coefficient (Wildman–Crippen LogP) is 3.59. The highest BCUT2D eigenvalue weighted by Gasteiger charge is 2.15. The van der Waals surface area contributed by atoms with Gasteiger partial charge in [0, 0.05) is 3.57 Å². The van der Waals surface area contributed by atoms with E-state index in [1.165, 1.54) is 0 Å². The van der Waals surface area contributed by atoms with E-state index < -0.39 is 0 Å². The number of rotatable bonds is 7. The Morgan fingerprint density at radius 3 is 2.59 bits per heavy atom. The molecule has 116 valence electrons. The quantitative estimate of drug-likeness (QED) is 0.711. The lowest BCUT2D eigenvalue weighted by Crippen LogP contribution is -2.34. The normalized spacial score (nSPS) is 12.0. The zero-order valence-electron chi connectivity index (χ0n) is 12.8. The van der Waals surface area contributed by atoms with Crippen molar-refractivity contribution in [2.24, 2.45) is 0 Å². The molecular formula is C18H20INO2. The zero-order valence-corrected chi connectivity index (χ0v) is 15.0. The maximum absolute atomic E-state index is 11.6. The van der Waals surface area contributed by atoms with E-state index in [2.05, 4.69) is 34.0 Å². The molecule has 4 heteroatoms. The third-order valence-electron chi connectivity index (χ3n) is 3.52. The molecule has 0 spiro atoms. The first kappa shape index (κ1) is 17.0. The van der Waals surface area contributed by atoms with Crippen molar-refractivity contribution in [3.8, 4) is 5.75 Å². The molecule has 0 heterocycles. The summed E-state index contributed by atoms with van der Waals surface area (Å²) in [6.45, 7) is 2.14. The summed E-state index contributed by atoms with van der Waals surface area (Å²) in [6, 6.07) is 16.0. The molecule has 0 bridgehead atoms. The second-order valence-corrected chi connectivity index (χ2v) is 6.43. The predicted molar refractivity (Wildman–Crippen MR) is 97.2 cm³/mol. The summed E-state index contributed by atoms with van der Waals surface area (Å²) in [6.07, 6.45) is 0.632. The van der Waals surface area contributed by atoms with Crippen molar-refractivity contribution in [1.29, 1.82) is 0 Å². The summed E-state index contributed by atoms with van der Waals surface area (Å²) in [5.41, 5.74) is 2.18. The summed E-state index contributed by atoms with van der Waals surface area (Å²) in [5.74, 6) is 0.973. The highest BCUT2D eigenvalue weighted by Crippen LogP contribution is 2.24. The number of hydrogen-bond acceptors (Lipinski definition) is 3. The third kappa shape index (κ3) is 4.81. The maximum atomic E-state index is 11.6. The van der Waals surface area contributed by atoms with Gasteiger partial charge < -0.3 is 10.1 Å². The highest BCUT2D eigenvalue weighted by molar-refractivity contribution is 14.1. The SMILES string of the molecule is CN[C@@H](Cc1cc(I)ccc1OCc1ccccc1)C(C)=O. The molecule has 0 unspecified atom stereocenters. The minimum atomic E-state index is -0.183. The third-order valence-corrected chi connectivity index (χ3v) is 4.19. The summed E-state index contributed by atoms with van der Waals surface area (Å²) >= 11 is 2.28. The number of halogens is 1. The lowest BCUT2D eigenvalue weighted by atomic mass is 10.0. The van der Waals surface area contributed by atoms with E-state index in [1.54, 1.807) is 6.92 Å². The van der Waals surface area contributed by atoms with Crippen LogP contribution >= 0.6 is 22.6 Å². The van der Waals surface area contributed by atoms with Crippen molar-refractivity contribution in [2.75, 3.05) is 7.05 Å². The average molecular weight is 409 g/mol. The smallest absolute Gasteiger partial charge is 0.147 e. The maximum Gasteiger partial charge on any atom is 0.147 e. The summed E-state index contributed by atoms with van der Waals surface area (Å²) in [4.78, 5) is 11.6. The minimum absolute atomic E-state index is 0.135. The van der Waals surface area contributed by atoms with E-state index in [9.17, 15) is 4.79 Å². The van der Waals surface area contributed by atoms with Crippen LogP contribution in [-0.2, 0) is 17.8 Å². The first-order valence-electron chi connectivity index (χ1n) is 7.23. The fourth-order valence-corrected chi connectivity index (χ4v) is 2.81. The Labute approximate surface area is 145 Å². The van der Waals surface area contributed by atoms with Gasteiger partial charge in [0.1, 0.15) is 18.1 Å². The first-order valence-corrected chi connectivity index (χ1v) is 8.31. The molecule has 2 aromatic carbocycles. The molecular weight excluding hydrogens is 389 g/mol. The number of likely N-dealkylation sites (N-methyl/N-ethyl adjacent to an activating group) is 1. The lowest BCUT2D eigenvalue weighted by molar-refractivity contribution is -0.118. The van der Waals surface area contributed by atoms with Crippen molar-refractivity contribution in [2.45, 2.75) is 26.0 Å². The van der Waals surface area contributed by atoms with Gasteiger partial charge in [-0.15, -0.1) is 0 Å². The van der Waals surface area contributed by atoms with E-state index >= 15 is 0 Å². The summed E-state index contributed by atoms with van der Waals surface area (Å²) < 4.78 is 7.10. The van der Waals surface area contributed by atoms with Gasteiger partial charge in [-0.1, -0.05) is 30.3 Å². The average Bonchev–Trinajstić information content (AvgIpc) is 2.52. The number of benzene rings is 2. The van der Waals surface area contributed by atoms with Crippen LogP contribution in [0.1, 0.15) is 18.1 Å². The van der Waals surface area contributed by atoms with E-state index in [0.717, 1.165) is 20.4 Å². The molecule has 22 heavy (non-hydrogen) atoms. The molecule has 2 rings (SSSR count). The van der Waals surface area contributed by atoms with Gasteiger partial charge in [0.05, 0.1) is 6.04 Å². The number of ether oxygens (including phenoxy) is 1. The van der Waals surface area contributed by atoms with Crippen molar-refractivity contribution in [1.82, 2.24) is 5.32 Å². The molecule has 2 aromatic rings. The van der Waals surface area contributed by atoms with Gasteiger partial charge in [0.15, 0.2) is 0 Å². The monoisotopic (exact) mass is 409 g/mol. The van der Waals surface area contributed by atoms with Crippen LogP contribution < -0.4 is 10.1 Å². The van der Waals surface area contributed by atoms with Gasteiger partial charge in [0.2, 0.25) is 0 Å². The molecule has 0 aliphatic heterocycles. The second-order valence-electron chi connectivity index (χ2n) is 5.18. The molecule has 3 nitrogen and oxygen atoms in total. The van der Waals surface area contributed by atoms with E-state index in [1.807, 2.05) is 49.5 Å². The van der Waals surface area contributed by atoms with Gasteiger partial charge in [0.25, 0.3) is 0 Å². The van der Waals surface area contributed by atoms with Crippen LogP contribution in [0.15, 0.2) is 48.5 Å². The minimum Gasteiger partial charge on any atom is -0.489 e. The number of carbonyl (C=O) groups excluding carboxylic acids is 1. The zero-order chi connectivity index (χ0) is 15.9. The Morgan fingerprint density at radius 1 is 1.23 bits per heavy atom. The van der Waals surface area contributed by atoms with Crippen LogP contribution in [0.3, 0.4) is 0 Å². The van der Waals surface area contributed by atoms with Crippen molar-refractivity contribution >= 4 is 28.4 Å². The number of Topliss-reactive ketones (excluding diaryl/α,β-unsaturated/α-hetero) is 1. The molecule has 0 saturated carbocycles. The van der Waals surface area contributed by atoms with E-state index in [-0.39, 0.29) is 11.8 Å². The van der Waals surface area contributed by atoms with Crippen LogP contribution in [-0.4, -0.2) is 18.9 Å². The van der Waals surface area contributed by atoms with Crippen molar-refractivity contribution in [3.63, 3.8) is 0 Å². The van der Waals surface area contributed by atoms with Crippen LogP contribution in [0.2, 0.25) is 0 Å². The fourth-order valence-electron chi connectivity index (χ4n) is 2.25. The van der Waals surface area contributed by atoms with Gasteiger partial charge in [-0.3, -0.25) is 4.79 Å². The number of carbonyl (C=O) groups is 1. The summed E-state index contributed by atoms with van der Waals surface area (Å²) in [7, 11) is 1.81. The summed E-state index contributed by atoms with van der Waals surface area (Å²) in [5, 5.41) is 3.06. The molecule has 1 N–H and O–H groups in total. The van der Waals surface area contributed by atoms with Crippen LogP contribution in [0.25, 0.3) is 0 Å². The van der Waals surface area contributed by atoms with Crippen LogP contribution in [0.4, 0.5) is 0 Å². The van der Waals surface area contributed by atoms with Crippen molar-refractivity contribution in [3.05, 3.63) is 63.2 Å². The van der Waals surface area contributed by atoms with Gasteiger partial charge >= 0.3 is 0 Å². The highest BCUT2D eigenvalue weighted by atomic mass is 127. The molecule has 0 radical (unpaired) electrons. The molecule has 0 aliphatic rings. The number of ketones is 1. The molecule has 0 aliphatic carbocycles. The Hall–Kier alpha value is -1.40. The largest absolute Gasteiger partial charge is 0.489 e. The van der Waals surface area contributed by atoms with E-state index in [4.69, 9.17) is 4.74 Å². The topological polar surface area (TPSA) is 38.3 Å². The molecule has 0 fully saturated rings. The molecule has 0 aromatic heterocycles. The fraction of sp³-hybridized carbons (Fsp3) is 0.278. The lowest BCUT2D eigenvalue weighted by Gasteiger charge is -2.17. The second kappa shape index (κ2) is 8.29. The van der Waals surface area contributed by atoms with Gasteiger partial charge in [-0.05, 0) is 72.3 Å². The standard InChI is InChI=1S/C18H20INO2/c1-13(21)17(20-2)11-15-10-16(19)8-9-18(15)22-12-14-6-4-3-5-7-14/h3-10,17,20H,11-12H2,1-2H3/t17-/m0/s1. The molecule has 0 saturated heterocycles. The van der Waals surface area contributed by atoms with Gasteiger partial charge in [-0.25, -0.2) is 0 Å². The van der Waals surface area contributed by atoms with Crippen LogP contribution in [0.5, 0.6) is 5.75 Å². The van der Waals surface area contributed by atoms with Crippen molar-refractivity contribution < 1.29 is 9.53 Å². The van der Waals surface area contributed by atoms with Gasteiger partial charge in [-0.2, -0.15) is 0 Å². The Balaban J connectivity index is 2.15. The Bertz CT molecular complexity index is 628. The Morgan fingerprint density at radius 2 is 1.95 bits per heavy atom. The number of nitrogens with one attached hydrogen (secondary N) is 1. The number of hydrogen-bond donors (Lipinski definition) is 1. The van der Waals surface area contributed by atoms with Crippen LogP contribution in [0, 0.1) is 3.57 Å². The Kier molecular flexibility index (Phi) is 6.39. The molecule has 0 amide bonds. The molecule has 1 atom stereocenters. The first-order chi connectivity index (χ1) is 10.6.